The highest BCUT2D eigenvalue weighted by Gasteiger charge is 2.17. The third-order valence-electron chi connectivity index (χ3n) is 4.50. The zero-order valence-corrected chi connectivity index (χ0v) is 19.0. The number of hydrogen-bond acceptors (Lipinski definition) is 5. The van der Waals surface area contributed by atoms with Crippen molar-refractivity contribution in [1.82, 2.24) is 4.98 Å². The van der Waals surface area contributed by atoms with Crippen molar-refractivity contribution in [2.75, 3.05) is 10.0 Å². The average Bonchev–Trinajstić information content (AvgIpc) is 3.24. The zero-order chi connectivity index (χ0) is 22.6. The van der Waals surface area contributed by atoms with Gasteiger partial charge in [0, 0.05) is 10.9 Å². The Hall–Kier alpha value is -3.20. The summed E-state index contributed by atoms with van der Waals surface area (Å²) in [6.07, 6.45) is 0.0424. The molecule has 4 rings (SSSR count). The smallest absolute Gasteiger partial charge is 0.261 e. The maximum Gasteiger partial charge on any atom is 0.261 e. The van der Waals surface area contributed by atoms with Crippen molar-refractivity contribution < 1.29 is 13.2 Å². The van der Waals surface area contributed by atoms with Crippen LogP contribution in [0.25, 0.3) is 10.6 Å². The van der Waals surface area contributed by atoms with Crippen LogP contribution in [0, 0.1) is 0 Å². The molecule has 6 nitrogen and oxygen atoms in total. The molecule has 9 heteroatoms. The van der Waals surface area contributed by atoms with Gasteiger partial charge >= 0.3 is 0 Å². The minimum Gasteiger partial charge on any atom is -0.324 e. The number of rotatable bonds is 7. The van der Waals surface area contributed by atoms with E-state index in [1.54, 1.807) is 48.5 Å². The molecule has 0 bridgehead atoms. The number of nitrogens with one attached hydrogen (secondary N) is 2. The fourth-order valence-corrected chi connectivity index (χ4v) is 5.23. The van der Waals surface area contributed by atoms with E-state index in [4.69, 9.17) is 11.6 Å². The van der Waals surface area contributed by atoms with Gasteiger partial charge in [-0.25, -0.2) is 13.4 Å². The molecular weight excluding hydrogens is 466 g/mol. The SMILES string of the molecule is O=C(Cc1csc(-c2ccccc2Cl)n1)Nc1ccccc1NS(=O)(=O)c1ccccc1. The first-order valence-electron chi connectivity index (χ1n) is 9.58. The second kappa shape index (κ2) is 9.52. The van der Waals surface area contributed by atoms with Crippen molar-refractivity contribution in [3.05, 3.63) is 95.0 Å². The molecule has 0 fully saturated rings. The lowest BCUT2D eigenvalue weighted by molar-refractivity contribution is -0.115. The zero-order valence-electron chi connectivity index (χ0n) is 16.7. The number of nitrogens with zero attached hydrogens (tertiary/aromatic N) is 1. The van der Waals surface area contributed by atoms with E-state index in [1.807, 2.05) is 23.6 Å². The molecule has 0 aliphatic heterocycles. The normalized spacial score (nSPS) is 11.2. The van der Waals surface area contributed by atoms with Crippen LogP contribution in [0.3, 0.4) is 0 Å². The Bertz CT molecular complexity index is 1360. The minimum absolute atomic E-state index is 0.0424. The molecule has 1 heterocycles. The van der Waals surface area contributed by atoms with Gasteiger partial charge in [0.05, 0.1) is 33.4 Å². The first-order chi connectivity index (χ1) is 15.4. The summed E-state index contributed by atoms with van der Waals surface area (Å²) < 4.78 is 27.8. The first-order valence-corrected chi connectivity index (χ1v) is 12.3. The average molecular weight is 484 g/mol. The van der Waals surface area contributed by atoms with E-state index in [0.717, 1.165) is 10.6 Å². The molecule has 0 saturated heterocycles. The summed E-state index contributed by atoms with van der Waals surface area (Å²) in [5, 5.41) is 5.90. The Balaban J connectivity index is 1.48. The second-order valence-electron chi connectivity index (χ2n) is 6.81. The van der Waals surface area contributed by atoms with Crippen LogP contribution in [0.1, 0.15) is 5.69 Å². The lowest BCUT2D eigenvalue weighted by atomic mass is 10.2. The second-order valence-corrected chi connectivity index (χ2v) is 9.76. The van der Waals surface area contributed by atoms with Gasteiger partial charge in [-0.2, -0.15) is 0 Å². The van der Waals surface area contributed by atoms with E-state index >= 15 is 0 Å². The van der Waals surface area contributed by atoms with E-state index in [2.05, 4.69) is 15.0 Å². The molecule has 0 unspecified atom stereocenters. The molecule has 162 valence electrons. The number of carbonyl (C=O) groups excluding carboxylic acids is 1. The maximum atomic E-state index is 12.7. The Morgan fingerprint density at radius 2 is 1.56 bits per heavy atom. The molecule has 1 amide bonds. The molecule has 0 aliphatic carbocycles. The number of anilines is 2. The summed E-state index contributed by atoms with van der Waals surface area (Å²) in [7, 11) is -3.79. The van der Waals surface area contributed by atoms with Gasteiger partial charge in [0.2, 0.25) is 5.91 Å². The monoisotopic (exact) mass is 483 g/mol. The molecule has 1 aromatic heterocycles. The van der Waals surface area contributed by atoms with Crippen LogP contribution in [0.4, 0.5) is 11.4 Å². The van der Waals surface area contributed by atoms with Gasteiger partial charge in [-0.05, 0) is 30.3 Å². The molecule has 0 radical (unpaired) electrons. The summed E-state index contributed by atoms with van der Waals surface area (Å²) in [6.45, 7) is 0. The lowest BCUT2D eigenvalue weighted by Crippen LogP contribution is -2.18. The van der Waals surface area contributed by atoms with Crippen molar-refractivity contribution in [2.24, 2.45) is 0 Å². The molecular formula is C23H18ClN3O3S2. The highest BCUT2D eigenvalue weighted by molar-refractivity contribution is 7.92. The Morgan fingerprint density at radius 3 is 2.31 bits per heavy atom. The van der Waals surface area contributed by atoms with E-state index in [9.17, 15) is 13.2 Å². The van der Waals surface area contributed by atoms with Gasteiger partial charge in [0.15, 0.2) is 0 Å². The van der Waals surface area contributed by atoms with Gasteiger partial charge in [-0.15, -0.1) is 11.3 Å². The summed E-state index contributed by atoms with van der Waals surface area (Å²) in [5.74, 6) is -0.313. The van der Waals surface area contributed by atoms with Crippen LogP contribution in [0.15, 0.2) is 89.1 Å². The van der Waals surface area contributed by atoms with Crippen LogP contribution >= 0.6 is 22.9 Å². The summed E-state index contributed by atoms with van der Waals surface area (Å²) in [5.41, 5.74) is 2.05. The molecule has 0 saturated carbocycles. The molecule has 3 aromatic carbocycles. The van der Waals surface area contributed by atoms with Gasteiger partial charge < -0.3 is 5.32 Å². The van der Waals surface area contributed by atoms with Crippen molar-refractivity contribution in [3.8, 4) is 10.6 Å². The van der Waals surface area contributed by atoms with Crippen molar-refractivity contribution in [3.63, 3.8) is 0 Å². The van der Waals surface area contributed by atoms with Gasteiger partial charge in [-0.1, -0.05) is 60.1 Å². The number of sulfonamides is 1. The van der Waals surface area contributed by atoms with Crippen molar-refractivity contribution >= 4 is 50.2 Å². The molecule has 0 spiro atoms. The molecule has 0 aliphatic rings. The van der Waals surface area contributed by atoms with Crippen LogP contribution in [-0.4, -0.2) is 19.3 Å². The number of amides is 1. The van der Waals surface area contributed by atoms with Crippen LogP contribution < -0.4 is 10.0 Å². The topological polar surface area (TPSA) is 88.2 Å². The van der Waals surface area contributed by atoms with E-state index in [0.29, 0.717) is 16.4 Å². The van der Waals surface area contributed by atoms with Gasteiger partial charge in [-0.3, -0.25) is 9.52 Å². The molecule has 2 N–H and O–H groups in total. The van der Waals surface area contributed by atoms with Crippen LogP contribution in [0.5, 0.6) is 0 Å². The molecule has 4 aromatic rings. The Labute approximate surface area is 195 Å². The van der Waals surface area contributed by atoms with Crippen LogP contribution in [0.2, 0.25) is 5.02 Å². The van der Waals surface area contributed by atoms with Crippen LogP contribution in [-0.2, 0) is 21.2 Å². The number of thiazole rings is 1. The van der Waals surface area contributed by atoms with Gasteiger partial charge in [0.25, 0.3) is 10.0 Å². The number of para-hydroxylation sites is 2. The first kappa shape index (κ1) is 22.0. The third kappa shape index (κ3) is 5.16. The predicted molar refractivity (Wildman–Crippen MR) is 129 cm³/mol. The number of carbonyl (C=O) groups is 1. The number of hydrogen-bond donors (Lipinski definition) is 2. The fourth-order valence-electron chi connectivity index (χ4n) is 2.99. The number of benzene rings is 3. The quantitative estimate of drug-likeness (QED) is 0.366. The summed E-state index contributed by atoms with van der Waals surface area (Å²) in [6, 6.07) is 22.1. The van der Waals surface area contributed by atoms with Crippen molar-refractivity contribution in [1.29, 1.82) is 0 Å². The molecule has 32 heavy (non-hydrogen) atoms. The maximum absolute atomic E-state index is 12.7. The Kier molecular flexibility index (Phi) is 6.55. The van der Waals surface area contributed by atoms with E-state index < -0.39 is 10.0 Å². The largest absolute Gasteiger partial charge is 0.324 e. The lowest BCUT2D eigenvalue weighted by Gasteiger charge is -2.13. The van der Waals surface area contributed by atoms with E-state index in [-0.39, 0.29) is 22.9 Å². The summed E-state index contributed by atoms with van der Waals surface area (Å²) in [4.78, 5) is 17.3. The minimum atomic E-state index is -3.79. The van der Waals surface area contributed by atoms with Crippen molar-refractivity contribution in [2.45, 2.75) is 11.3 Å². The third-order valence-corrected chi connectivity index (χ3v) is 7.13. The highest BCUT2D eigenvalue weighted by Crippen LogP contribution is 2.30. The number of aromatic nitrogens is 1. The highest BCUT2D eigenvalue weighted by atomic mass is 35.5. The van der Waals surface area contributed by atoms with Gasteiger partial charge in [0.1, 0.15) is 5.01 Å². The number of halogens is 1. The van der Waals surface area contributed by atoms with E-state index in [1.165, 1.54) is 23.5 Å². The predicted octanol–water partition coefficient (Wildman–Crippen LogP) is 5.45. The molecule has 0 atom stereocenters. The fraction of sp³-hybridized carbons (Fsp3) is 0.0435. The summed E-state index contributed by atoms with van der Waals surface area (Å²) >= 11 is 7.63. The standard InChI is InChI=1S/C23H18ClN3O3S2/c24-19-11-5-4-10-18(19)23-25-16(15-31-23)14-22(28)26-20-12-6-7-13-21(20)27-32(29,30)17-8-2-1-3-9-17/h1-13,15,27H,14H2,(H,26,28). The Morgan fingerprint density at radius 1 is 0.906 bits per heavy atom.